The van der Waals surface area contributed by atoms with Crippen molar-refractivity contribution < 1.29 is 14.3 Å². The van der Waals surface area contributed by atoms with Crippen molar-refractivity contribution in [2.75, 3.05) is 40.0 Å². The summed E-state index contributed by atoms with van der Waals surface area (Å²) in [6, 6.07) is 6.10. The first-order valence-electron chi connectivity index (χ1n) is 9.49. The van der Waals surface area contributed by atoms with Crippen LogP contribution in [0.15, 0.2) is 23.2 Å². The number of ether oxygens (including phenoxy) is 2. The van der Waals surface area contributed by atoms with Gasteiger partial charge in [-0.15, -0.1) is 24.0 Å². The molecule has 160 valence electrons. The molecule has 0 aliphatic heterocycles. The Kier molecular flexibility index (Phi) is 14.5. The van der Waals surface area contributed by atoms with E-state index < -0.39 is 0 Å². The molecule has 0 atom stereocenters. The van der Waals surface area contributed by atoms with E-state index >= 15 is 0 Å². The fourth-order valence-corrected chi connectivity index (χ4v) is 2.24. The second kappa shape index (κ2) is 15.4. The Balaban J connectivity index is 0.00000729. The van der Waals surface area contributed by atoms with Crippen molar-refractivity contribution in [3.63, 3.8) is 0 Å². The van der Waals surface area contributed by atoms with Gasteiger partial charge in [-0.1, -0.05) is 26.0 Å². The molecule has 0 saturated carbocycles. The number of amides is 1. The molecule has 0 heterocycles. The molecule has 1 amide bonds. The Hall–Kier alpha value is -1.55. The van der Waals surface area contributed by atoms with Crippen LogP contribution >= 0.6 is 24.0 Å². The number of aryl methyl sites for hydroxylation is 1. The van der Waals surface area contributed by atoms with Gasteiger partial charge in [0.1, 0.15) is 12.4 Å². The van der Waals surface area contributed by atoms with E-state index in [4.69, 9.17) is 9.47 Å². The van der Waals surface area contributed by atoms with Gasteiger partial charge in [0, 0.05) is 38.2 Å². The number of hydrogen-bond acceptors (Lipinski definition) is 4. The lowest BCUT2D eigenvalue weighted by atomic mass is 10.1. The fourth-order valence-electron chi connectivity index (χ4n) is 2.24. The van der Waals surface area contributed by atoms with Gasteiger partial charge < -0.3 is 25.4 Å². The van der Waals surface area contributed by atoms with Crippen molar-refractivity contribution in [2.45, 2.75) is 34.2 Å². The summed E-state index contributed by atoms with van der Waals surface area (Å²) in [5, 5.41) is 9.33. The first-order chi connectivity index (χ1) is 13.0. The molecule has 1 aromatic rings. The lowest BCUT2D eigenvalue weighted by Crippen LogP contribution is -2.42. The van der Waals surface area contributed by atoms with Crippen LogP contribution < -0.4 is 20.7 Å². The molecule has 0 bridgehead atoms. The van der Waals surface area contributed by atoms with Crippen molar-refractivity contribution in [3.8, 4) is 5.75 Å². The first-order valence-corrected chi connectivity index (χ1v) is 9.49. The summed E-state index contributed by atoms with van der Waals surface area (Å²) in [4.78, 5) is 16.2. The van der Waals surface area contributed by atoms with Gasteiger partial charge in [0.05, 0.1) is 13.2 Å². The zero-order valence-electron chi connectivity index (χ0n) is 17.6. The molecule has 0 unspecified atom stereocenters. The molecule has 3 N–H and O–H groups in total. The maximum absolute atomic E-state index is 11.6. The molecule has 0 radical (unpaired) electrons. The van der Waals surface area contributed by atoms with Crippen LogP contribution in [0.5, 0.6) is 5.75 Å². The van der Waals surface area contributed by atoms with Gasteiger partial charge in [-0.05, 0) is 25.5 Å². The predicted octanol–water partition coefficient (Wildman–Crippen LogP) is 2.47. The van der Waals surface area contributed by atoms with Gasteiger partial charge in [0.15, 0.2) is 5.96 Å². The van der Waals surface area contributed by atoms with E-state index in [0.29, 0.717) is 38.8 Å². The Labute approximate surface area is 186 Å². The van der Waals surface area contributed by atoms with Crippen molar-refractivity contribution in [1.29, 1.82) is 0 Å². The quantitative estimate of drug-likeness (QED) is 0.186. The van der Waals surface area contributed by atoms with Crippen LogP contribution in [0.3, 0.4) is 0 Å². The highest BCUT2D eigenvalue weighted by Crippen LogP contribution is 2.21. The van der Waals surface area contributed by atoms with E-state index in [0.717, 1.165) is 23.4 Å². The van der Waals surface area contributed by atoms with E-state index in [1.807, 2.05) is 39.8 Å². The third kappa shape index (κ3) is 10.7. The number of hydrogen-bond donors (Lipinski definition) is 3. The van der Waals surface area contributed by atoms with Crippen LogP contribution in [-0.4, -0.2) is 51.8 Å². The summed E-state index contributed by atoms with van der Waals surface area (Å²) < 4.78 is 10.9. The maximum atomic E-state index is 11.6. The number of halogens is 1. The predicted molar refractivity (Wildman–Crippen MR) is 125 cm³/mol. The number of rotatable bonds is 11. The number of carbonyl (C=O) groups is 1. The molecule has 1 rings (SSSR count). The average Bonchev–Trinajstić information content (AvgIpc) is 2.64. The summed E-state index contributed by atoms with van der Waals surface area (Å²) in [7, 11) is 1.66. The Morgan fingerprint density at radius 2 is 1.86 bits per heavy atom. The van der Waals surface area contributed by atoms with E-state index in [1.165, 1.54) is 0 Å². The molecule has 0 aliphatic rings. The van der Waals surface area contributed by atoms with E-state index in [9.17, 15) is 4.79 Å². The van der Waals surface area contributed by atoms with Crippen molar-refractivity contribution in [1.82, 2.24) is 16.0 Å². The largest absolute Gasteiger partial charge is 0.491 e. The van der Waals surface area contributed by atoms with Crippen LogP contribution in [-0.2, 0) is 16.1 Å². The highest BCUT2D eigenvalue weighted by atomic mass is 127. The summed E-state index contributed by atoms with van der Waals surface area (Å²) >= 11 is 0. The minimum absolute atomic E-state index is 0. The first kappa shape index (κ1) is 26.4. The smallest absolute Gasteiger partial charge is 0.222 e. The summed E-state index contributed by atoms with van der Waals surface area (Å²) in [5.41, 5.74) is 2.16. The molecule has 8 heteroatoms. The molecule has 28 heavy (non-hydrogen) atoms. The summed E-state index contributed by atoms with van der Waals surface area (Å²) in [6.45, 7) is 11.3. The number of benzene rings is 1. The lowest BCUT2D eigenvalue weighted by Gasteiger charge is -2.14. The normalized spacial score (nSPS) is 11.0. The number of nitrogens with zero attached hydrogens (tertiary/aromatic N) is 1. The molecule has 7 nitrogen and oxygen atoms in total. The number of methoxy groups -OCH3 is 1. The third-order valence-corrected chi connectivity index (χ3v) is 3.76. The molecule has 1 aromatic carbocycles. The van der Waals surface area contributed by atoms with Crippen LogP contribution in [0.4, 0.5) is 0 Å². The van der Waals surface area contributed by atoms with E-state index in [-0.39, 0.29) is 35.8 Å². The molecule has 0 aliphatic carbocycles. The van der Waals surface area contributed by atoms with Gasteiger partial charge in [-0.2, -0.15) is 0 Å². The number of nitrogens with one attached hydrogen (secondary N) is 3. The molecule has 0 saturated heterocycles. The number of aliphatic imine (C=N–C) groups is 1. The maximum Gasteiger partial charge on any atom is 0.222 e. The van der Waals surface area contributed by atoms with E-state index in [1.54, 1.807) is 7.11 Å². The monoisotopic (exact) mass is 506 g/mol. The fraction of sp³-hybridized carbons (Fsp3) is 0.600. The third-order valence-electron chi connectivity index (χ3n) is 3.76. The SMILES string of the molecule is CCNC(=NCc1ccc(C)cc1OCCOC)NCCNC(=O)C(C)C.I. The van der Waals surface area contributed by atoms with Crippen molar-refractivity contribution in [2.24, 2.45) is 10.9 Å². The lowest BCUT2D eigenvalue weighted by molar-refractivity contribution is -0.123. The minimum atomic E-state index is -0.00929. The average molecular weight is 506 g/mol. The topological polar surface area (TPSA) is 84.0 Å². The highest BCUT2D eigenvalue weighted by molar-refractivity contribution is 14.0. The van der Waals surface area contributed by atoms with Crippen LogP contribution in [0, 0.1) is 12.8 Å². The van der Waals surface area contributed by atoms with Gasteiger partial charge >= 0.3 is 0 Å². The van der Waals surface area contributed by atoms with Crippen molar-refractivity contribution >= 4 is 35.8 Å². The van der Waals surface area contributed by atoms with E-state index in [2.05, 4.69) is 27.0 Å². The molecule has 0 spiro atoms. The van der Waals surface area contributed by atoms with Crippen LogP contribution in [0.2, 0.25) is 0 Å². The second-order valence-electron chi connectivity index (χ2n) is 6.52. The number of carbonyl (C=O) groups excluding carboxylic acids is 1. The Bertz CT molecular complexity index is 609. The number of guanidine groups is 1. The molecule has 0 fully saturated rings. The van der Waals surface area contributed by atoms with Crippen LogP contribution in [0.25, 0.3) is 0 Å². The molecule has 0 aromatic heterocycles. The van der Waals surface area contributed by atoms with Crippen molar-refractivity contribution in [3.05, 3.63) is 29.3 Å². The Morgan fingerprint density at radius 3 is 2.50 bits per heavy atom. The summed E-state index contributed by atoms with van der Waals surface area (Å²) in [6.07, 6.45) is 0. The summed E-state index contributed by atoms with van der Waals surface area (Å²) in [5.74, 6) is 1.58. The van der Waals surface area contributed by atoms with Crippen LogP contribution in [0.1, 0.15) is 31.9 Å². The molecular formula is C20H35IN4O3. The van der Waals surface area contributed by atoms with Gasteiger partial charge in [0.2, 0.25) is 5.91 Å². The zero-order valence-corrected chi connectivity index (χ0v) is 20.0. The highest BCUT2D eigenvalue weighted by Gasteiger charge is 2.07. The van der Waals surface area contributed by atoms with Gasteiger partial charge in [0.25, 0.3) is 0 Å². The zero-order chi connectivity index (χ0) is 20.1. The molecular weight excluding hydrogens is 471 g/mol. The Morgan fingerprint density at radius 1 is 1.14 bits per heavy atom. The minimum Gasteiger partial charge on any atom is -0.491 e. The second-order valence-corrected chi connectivity index (χ2v) is 6.52. The van der Waals surface area contributed by atoms with Gasteiger partial charge in [-0.3, -0.25) is 4.79 Å². The standard InChI is InChI=1S/C20H34N4O3.HI/c1-6-21-20(23-10-9-22-19(25)15(2)3)24-14-17-8-7-16(4)13-18(17)27-12-11-26-5;/h7-8,13,15H,6,9-12,14H2,1-5H3,(H,22,25)(H2,21,23,24);1H. The van der Waals surface area contributed by atoms with Gasteiger partial charge in [-0.25, -0.2) is 4.99 Å².